The number of hydrogen-bond donors (Lipinski definition) is 1. The molecule has 0 spiro atoms. The number of aryl methyl sites for hydroxylation is 1. The molecule has 0 fully saturated rings. The van der Waals surface area contributed by atoms with E-state index in [1.54, 1.807) is 6.33 Å². The molecule has 2 rings (SSSR count). The largest absolute Gasteiger partial charge is 0.493 e. The molecular weight excluding hydrogens is 264 g/mol. The monoisotopic (exact) mass is 288 g/mol. The van der Waals surface area contributed by atoms with Gasteiger partial charge in [-0.05, 0) is 30.5 Å². The molecule has 0 radical (unpaired) electrons. The minimum Gasteiger partial charge on any atom is -0.493 e. The summed E-state index contributed by atoms with van der Waals surface area (Å²) in [6.45, 7) is 7.88. The van der Waals surface area contributed by atoms with E-state index in [0.717, 1.165) is 18.2 Å². The van der Waals surface area contributed by atoms with Crippen LogP contribution in [0, 0.1) is 5.92 Å². The molecule has 1 unspecified atom stereocenters. The molecule has 21 heavy (non-hydrogen) atoms. The van der Waals surface area contributed by atoms with Crippen molar-refractivity contribution in [1.82, 2.24) is 20.1 Å². The normalized spacial score (nSPS) is 12.6. The average Bonchev–Trinajstić information content (AvgIpc) is 2.88. The van der Waals surface area contributed by atoms with Crippen LogP contribution in [0.3, 0.4) is 0 Å². The molecular formula is C16H24N4O. The van der Waals surface area contributed by atoms with Gasteiger partial charge in [0.15, 0.2) is 0 Å². The third kappa shape index (κ3) is 4.56. The zero-order valence-corrected chi connectivity index (χ0v) is 13.2. The third-order valence-corrected chi connectivity index (χ3v) is 3.33. The maximum Gasteiger partial charge on any atom is 0.146 e. The first kappa shape index (κ1) is 15.5. The maximum atomic E-state index is 5.69. The van der Waals surface area contributed by atoms with Crippen molar-refractivity contribution < 1.29 is 4.74 Å². The van der Waals surface area contributed by atoms with Crippen molar-refractivity contribution in [1.29, 1.82) is 0 Å². The molecule has 1 aromatic carbocycles. The Bertz CT molecular complexity index is 548. The summed E-state index contributed by atoms with van der Waals surface area (Å²) >= 11 is 0. The van der Waals surface area contributed by atoms with Gasteiger partial charge in [-0.15, -0.1) is 10.2 Å². The van der Waals surface area contributed by atoms with E-state index in [1.807, 2.05) is 23.7 Å². The molecule has 1 N–H and O–H groups in total. The molecule has 1 atom stereocenters. The minimum atomic E-state index is 0.251. The Labute approximate surface area is 126 Å². The van der Waals surface area contributed by atoms with E-state index in [-0.39, 0.29) is 6.04 Å². The Morgan fingerprint density at radius 2 is 1.90 bits per heavy atom. The zero-order chi connectivity index (χ0) is 15.2. The molecule has 0 saturated carbocycles. The van der Waals surface area contributed by atoms with Crippen LogP contribution >= 0.6 is 0 Å². The molecule has 1 heterocycles. The van der Waals surface area contributed by atoms with Crippen LogP contribution in [0.25, 0.3) is 0 Å². The molecule has 1 aromatic heterocycles. The standard InChI is InChI=1S/C16H24N4O/c1-12(2)10-21-15-7-5-14(6-8-15)13(3)17-9-16-19-18-11-20(16)4/h5-8,11-13,17H,9-10H2,1-4H3. The number of nitrogens with zero attached hydrogens (tertiary/aromatic N) is 3. The molecule has 5 heteroatoms. The van der Waals surface area contributed by atoms with Gasteiger partial charge in [-0.3, -0.25) is 0 Å². The van der Waals surface area contributed by atoms with Crippen molar-refractivity contribution in [3.05, 3.63) is 42.0 Å². The summed E-state index contributed by atoms with van der Waals surface area (Å²) in [5, 5.41) is 11.4. The van der Waals surface area contributed by atoms with Crippen molar-refractivity contribution in [3.63, 3.8) is 0 Å². The molecule has 114 valence electrons. The highest BCUT2D eigenvalue weighted by molar-refractivity contribution is 5.29. The average molecular weight is 288 g/mol. The fraction of sp³-hybridized carbons (Fsp3) is 0.500. The van der Waals surface area contributed by atoms with Crippen molar-refractivity contribution in [2.75, 3.05) is 6.61 Å². The number of aromatic nitrogens is 3. The summed E-state index contributed by atoms with van der Waals surface area (Å²) in [6.07, 6.45) is 1.71. The predicted octanol–water partition coefficient (Wildman–Crippen LogP) is 2.70. The lowest BCUT2D eigenvalue weighted by Gasteiger charge is -2.15. The highest BCUT2D eigenvalue weighted by Gasteiger charge is 2.07. The summed E-state index contributed by atoms with van der Waals surface area (Å²) in [7, 11) is 1.95. The fourth-order valence-corrected chi connectivity index (χ4v) is 1.95. The molecule has 0 aliphatic rings. The second kappa shape index (κ2) is 7.22. The van der Waals surface area contributed by atoms with Gasteiger partial charge < -0.3 is 14.6 Å². The molecule has 0 aliphatic carbocycles. The second-order valence-electron chi connectivity index (χ2n) is 5.73. The summed E-state index contributed by atoms with van der Waals surface area (Å²) in [5.74, 6) is 2.39. The second-order valence-corrected chi connectivity index (χ2v) is 5.73. The molecule has 0 saturated heterocycles. The first-order valence-electron chi connectivity index (χ1n) is 7.35. The van der Waals surface area contributed by atoms with Crippen LogP contribution in [-0.4, -0.2) is 21.4 Å². The van der Waals surface area contributed by atoms with Crippen LogP contribution in [0.15, 0.2) is 30.6 Å². The smallest absolute Gasteiger partial charge is 0.146 e. The number of rotatable bonds is 7. The van der Waals surface area contributed by atoms with Gasteiger partial charge in [0.1, 0.15) is 17.9 Å². The lowest BCUT2D eigenvalue weighted by molar-refractivity contribution is 0.271. The van der Waals surface area contributed by atoms with Gasteiger partial charge in [-0.2, -0.15) is 0 Å². The first-order chi connectivity index (χ1) is 10.1. The van der Waals surface area contributed by atoms with Crippen molar-refractivity contribution in [2.45, 2.75) is 33.4 Å². The Balaban J connectivity index is 1.87. The highest BCUT2D eigenvalue weighted by Crippen LogP contribution is 2.18. The summed E-state index contributed by atoms with van der Waals surface area (Å²) in [4.78, 5) is 0. The van der Waals surface area contributed by atoms with Gasteiger partial charge in [0.05, 0.1) is 13.2 Å². The van der Waals surface area contributed by atoms with Crippen LogP contribution < -0.4 is 10.1 Å². The van der Waals surface area contributed by atoms with Crippen LogP contribution in [0.4, 0.5) is 0 Å². The van der Waals surface area contributed by atoms with E-state index in [0.29, 0.717) is 12.5 Å². The SMILES string of the molecule is CC(C)COc1ccc(C(C)NCc2nncn2C)cc1. The lowest BCUT2D eigenvalue weighted by Crippen LogP contribution is -2.20. The summed E-state index contributed by atoms with van der Waals surface area (Å²) < 4.78 is 7.61. The van der Waals surface area contributed by atoms with Gasteiger partial charge in [-0.1, -0.05) is 26.0 Å². The number of nitrogens with one attached hydrogen (secondary N) is 1. The van der Waals surface area contributed by atoms with E-state index in [2.05, 4.69) is 48.4 Å². The van der Waals surface area contributed by atoms with E-state index in [4.69, 9.17) is 4.74 Å². The predicted molar refractivity (Wildman–Crippen MR) is 83.0 cm³/mol. The Hall–Kier alpha value is -1.88. The van der Waals surface area contributed by atoms with Gasteiger partial charge in [0.2, 0.25) is 0 Å². The highest BCUT2D eigenvalue weighted by atomic mass is 16.5. The fourth-order valence-electron chi connectivity index (χ4n) is 1.95. The van der Waals surface area contributed by atoms with Gasteiger partial charge >= 0.3 is 0 Å². The molecule has 0 amide bonds. The quantitative estimate of drug-likeness (QED) is 0.851. The van der Waals surface area contributed by atoms with E-state index >= 15 is 0 Å². The van der Waals surface area contributed by atoms with Gasteiger partial charge in [-0.25, -0.2) is 0 Å². The first-order valence-corrected chi connectivity index (χ1v) is 7.35. The number of benzene rings is 1. The van der Waals surface area contributed by atoms with Crippen LogP contribution in [0.5, 0.6) is 5.75 Å². The van der Waals surface area contributed by atoms with Crippen molar-refractivity contribution in [3.8, 4) is 5.75 Å². The van der Waals surface area contributed by atoms with Gasteiger partial charge in [0, 0.05) is 13.1 Å². The Morgan fingerprint density at radius 1 is 1.19 bits per heavy atom. The molecule has 0 bridgehead atoms. The zero-order valence-electron chi connectivity index (χ0n) is 13.2. The third-order valence-electron chi connectivity index (χ3n) is 3.33. The minimum absolute atomic E-state index is 0.251. The van der Waals surface area contributed by atoms with E-state index < -0.39 is 0 Å². The van der Waals surface area contributed by atoms with E-state index in [9.17, 15) is 0 Å². The maximum absolute atomic E-state index is 5.69. The Morgan fingerprint density at radius 3 is 2.48 bits per heavy atom. The molecule has 2 aromatic rings. The van der Waals surface area contributed by atoms with Crippen LogP contribution in [0.1, 0.15) is 38.2 Å². The number of ether oxygens (including phenoxy) is 1. The van der Waals surface area contributed by atoms with Crippen molar-refractivity contribution in [2.24, 2.45) is 13.0 Å². The summed E-state index contributed by atoms with van der Waals surface area (Å²) in [5.41, 5.74) is 1.23. The topological polar surface area (TPSA) is 52.0 Å². The Kier molecular flexibility index (Phi) is 5.33. The lowest BCUT2D eigenvalue weighted by atomic mass is 10.1. The van der Waals surface area contributed by atoms with Crippen molar-refractivity contribution >= 4 is 0 Å². The molecule has 5 nitrogen and oxygen atoms in total. The summed E-state index contributed by atoms with van der Waals surface area (Å²) in [6, 6.07) is 8.51. The van der Waals surface area contributed by atoms with Gasteiger partial charge in [0.25, 0.3) is 0 Å². The van der Waals surface area contributed by atoms with E-state index in [1.165, 1.54) is 5.56 Å². The molecule has 0 aliphatic heterocycles. The number of hydrogen-bond acceptors (Lipinski definition) is 4. The van der Waals surface area contributed by atoms with Crippen LogP contribution in [-0.2, 0) is 13.6 Å². The van der Waals surface area contributed by atoms with Crippen LogP contribution in [0.2, 0.25) is 0 Å².